The van der Waals surface area contributed by atoms with Gasteiger partial charge in [0.15, 0.2) is 11.6 Å². The van der Waals surface area contributed by atoms with Gasteiger partial charge < -0.3 is 14.0 Å². The van der Waals surface area contributed by atoms with Gasteiger partial charge in [-0.2, -0.15) is 0 Å². The number of ether oxygens (including phenoxy) is 2. The molecule has 0 aliphatic heterocycles. The summed E-state index contributed by atoms with van der Waals surface area (Å²) in [5.41, 5.74) is 0.626. The molecule has 1 aromatic carbocycles. The number of carbonyl (C=O) groups is 2. The van der Waals surface area contributed by atoms with Crippen LogP contribution in [0, 0.1) is 0 Å². The molecule has 6 nitrogen and oxygen atoms in total. The van der Waals surface area contributed by atoms with Gasteiger partial charge in [-0.3, -0.25) is 9.59 Å². The second kappa shape index (κ2) is 6.21. The van der Waals surface area contributed by atoms with E-state index in [4.69, 9.17) is 9.47 Å². The Morgan fingerprint density at radius 3 is 2.52 bits per heavy atom. The lowest BCUT2D eigenvalue weighted by Gasteiger charge is -2.09. The van der Waals surface area contributed by atoms with Crippen molar-refractivity contribution < 1.29 is 19.1 Å². The zero-order chi connectivity index (χ0) is 15.4. The highest BCUT2D eigenvalue weighted by Crippen LogP contribution is 2.25. The minimum absolute atomic E-state index is 0.250. The summed E-state index contributed by atoms with van der Waals surface area (Å²) in [5.74, 6) is 0.330. The summed E-state index contributed by atoms with van der Waals surface area (Å²) in [6, 6.07) is 4.85. The predicted molar refractivity (Wildman–Crippen MR) is 76.0 cm³/mol. The SMILES string of the molecule is COc1ccc(C(=O)CC(=O)c2cn(C)cn2)c(OC)c1. The number of benzene rings is 1. The van der Waals surface area contributed by atoms with Crippen LogP contribution < -0.4 is 9.47 Å². The number of hydrogen-bond donors (Lipinski definition) is 0. The lowest BCUT2D eigenvalue weighted by atomic mass is 10.0. The molecular weight excluding hydrogens is 272 g/mol. The van der Waals surface area contributed by atoms with Crippen molar-refractivity contribution in [2.24, 2.45) is 7.05 Å². The topological polar surface area (TPSA) is 70.4 Å². The third-order valence-corrected chi connectivity index (χ3v) is 3.02. The maximum atomic E-state index is 12.2. The number of Topliss-reactive ketones (excluding diaryl/α,β-unsaturated/α-hetero) is 2. The fraction of sp³-hybridized carbons (Fsp3) is 0.267. The van der Waals surface area contributed by atoms with Crippen molar-refractivity contribution in [2.45, 2.75) is 6.42 Å². The average molecular weight is 288 g/mol. The molecule has 110 valence electrons. The van der Waals surface area contributed by atoms with Crippen molar-refractivity contribution in [1.82, 2.24) is 9.55 Å². The molecule has 1 aromatic heterocycles. The first kappa shape index (κ1) is 14.8. The van der Waals surface area contributed by atoms with Crippen LogP contribution in [0.3, 0.4) is 0 Å². The summed E-state index contributed by atoms with van der Waals surface area (Å²) in [6.07, 6.45) is 2.85. The lowest BCUT2D eigenvalue weighted by molar-refractivity contribution is 0.0890. The molecule has 0 bridgehead atoms. The Bertz CT molecular complexity index is 676. The van der Waals surface area contributed by atoms with Crippen LogP contribution in [-0.2, 0) is 7.05 Å². The van der Waals surface area contributed by atoms with Crippen LogP contribution in [0.5, 0.6) is 11.5 Å². The van der Waals surface area contributed by atoms with Crippen molar-refractivity contribution in [3.05, 3.63) is 42.0 Å². The number of carbonyl (C=O) groups excluding carboxylic acids is 2. The molecule has 0 N–H and O–H groups in total. The molecule has 0 amide bonds. The van der Waals surface area contributed by atoms with E-state index in [9.17, 15) is 9.59 Å². The summed E-state index contributed by atoms with van der Waals surface area (Å²) < 4.78 is 11.9. The maximum absolute atomic E-state index is 12.2. The smallest absolute Gasteiger partial charge is 0.190 e. The van der Waals surface area contributed by atoms with Crippen LogP contribution in [-0.4, -0.2) is 35.3 Å². The van der Waals surface area contributed by atoms with Gasteiger partial charge >= 0.3 is 0 Å². The largest absolute Gasteiger partial charge is 0.497 e. The highest BCUT2D eigenvalue weighted by molar-refractivity contribution is 6.13. The Kier molecular flexibility index (Phi) is 4.37. The standard InChI is InChI=1S/C15H16N2O4/c1-17-8-12(16-9-17)14(19)7-13(18)11-5-4-10(20-2)6-15(11)21-3/h4-6,8-9H,7H2,1-3H3. The van der Waals surface area contributed by atoms with Crippen LogP contribution in [0.4, 0.5) is 0 Å². The van der Waals surface area contributed by atoms with Gasteiger partial charge in [0, 0.05) is 19.3 Å². The Morgan fingerprint density at radius 2 is 1.95 bits per heavy atom. The quantitative estimate of drug-likeness (QED) is 0.599. The monoisotopic (exact) mass is 288 g/mol. The molecule has 0 saturated heterocycles. The van der Waals surface area contributed by atoms with E-state index >= 15 is 0 Å². The van der Waals surface area contributed by atoms with E-state index in [1.54, 1.807) is 36.0 Å². The van der Waals surface area contributed by atoms with Crippen molar-refractivity contribution >= 4 is 11.6 Å². The fourth-order valence-electron chi connectivity index (χ4n) is 1.92. The van der Waals surface area contributed by atoms with Gasteiger partial charge in [0.1, 0.15) is 17.2 Å². The van der Waals surface area contributed by atoms with E-state index in [1.807, 2.05) is 0 Å². The maximum Gasteiger partial charge on any atom is 0.190 e. The Labute approximate surface area is 122 Å². The average Bonchev–Trinajstić information content (AvgIpc) is 2.93. The molecular formula is C15H16N2O4. The number of hydrogen-bond acceptors (Lipinski definition) is 5. The van der Waals surface area contributed by atoms with Crippen LogP contribution in [0.1, 0.15) is 27.3 Å². The first-order valence-electron chi connectivity index (χ1n) is 6.31. The zero-order valence-corrected chi connectivity index (χ0v) is 12.1. The first-order chi connectivity index (χ1) is 10.0. The van der Waals surface area contributed by atoms with Crippen LogP contribution in [0.2, 0.25) is 0 Å². The molecule has 0 atom stereocenters. The minimum atomic E-state index is -0.321. The molecule has 2 aromatic rings. The third kappa shape index (κ3) is 3.28. The number of imidazole rings is 1. The second-order valence-corrected chi connectivity index (χ2v) is 4.51. The lowest BCUT2D eigenvalue weighted by Crippen LogP contribution is -2.10. The summed E-state index contributed by atoms with van der Waals surface area (Å²) in [7, 11) is 4.76. The zero-order valence-electron chi connectivity index (χ0n) is 12.1. The molecule has 6 heteroatoms. The molecule has 0 saturated carbocycles. The van der Waals surface area contributed by atoms with Gasteiger partial charge in [0.2, 0.25) is 0 Å². The van der Waals surface area contributed by atoms with Crippen LogP contribution >= 0.6 is 0 Å². The second-order valence-electron chi connectivity index (χ2n) is 4.51. The van der Waals surface area contributed by atoms with Gasteiger partial charge in [-0.1, -0.05) is 0 Å². The van der Waals surface area contributed by atoms with E-state index < -0.39 is 0 Å². The number of aromatic nitrogens is 2. The van der Waals surface area contributed by atoms with Crippen molar-refractivity contribution in [3.63, 3.8) is 0 Å². The van der Waals surface area contributed by atoms with E-state index in [-0.39, 0.29) is 23.7 Å². The van der Waals surface area contributed by atoms with Gasteiger partial charge in [-0.15, -0.1) is 0 Å². The van der Waals surface area contributed by atoms with Gasteiger partial charge in [0.25, 0.3) is 0 Å². The highest BCUT2D eigenvalue weighted by atomic mass is 16.5. The van der Waals surface area contributed by atoms with Gasteiger partial charge in [-0.05, 0) is 12.1 Å². The van der Waals surface area contributed by atoms with E-state index in [0.717, 1.165) is 0 Å². The minimum Gasteiger partial charge on any atom is -0.497 e. The molecule has 0 radical (unpaired) electrons. The summed E-state index contributed by atoms with van der Waals surface area (Å²) in [4.78, 5) is 28.2. The number of methoxy groups -OCH3 is 2. The Balaban J connectivity index is 2.18. The molecule has 2 rings (SSSR count). The number of aryl methyl sites for hydroxylation is 1. The molecule has 0 aliphatic carbocycles. The van der Waals surface area contributed by atoms with Gasteiger partial charge in [0.05, 0.1) is 32.5 Å². The van der Waals surface area contributed by atoms with Crippen LogP contribution in [0.25, 0.3) is 0 Å². The van der Waals surface area contributed by atoms with E-state index in [0.29, 0.717) is 17.1 Å². The number of nitrogens with zero attached hydrogens (tertiary/aromatic N) is 2. The van der Waals surface area contributed by atoms with E-state index in [2.05, 4.69) is 4.98 Å². The fourth-order valence-corrected chi connectivity index (χ4v) is 1.92. The van der Waals surface area contributed by atoms with Crippen molar-refractivity contribution in [1.29, 1.82) is 0 Å². The molecule has 0 spiro atoms. The molecule has 0 aliphatic rings. The Morgan fingerprint density at radius 1 is 1.19 bits per heavy atom. The predicted octanol–water partition coefficient (Wildman–Crippen LogP) is 1.89. The summed E-state index contributed by atoms with van der Waals surface area (Å²) in [5, 5.41) is 0. The summed E-state index contributed by atoms with van der Waals surface area (Å²) >= 11 is 0. The van der Waals surface area contributed by atoms with Crippen molar-refractivity contribution in [3.8, 4) is 11.5 Å². The van der Waals surface area contributed by atoms with E-state index in [1.165, 1.54) is 20.5 Å². The number of rotatable bonds is 6. The molecule has 0 fully saturated rings. The van der Waals surface area contributed by atoms with Crippen LogP contribution in [0.15, 0.2) is 30.7 Å². The van der Waals surface area contributed by atoms with Gasteiger partial charge in [-0.25, -0.2) is 4.98 Å². The highest BCUT2D eigenvalue weighted by Gasteiger charge is 2.19. The van der Waals surface area contributed by atoms with Crippen molar-refractivity contribution in [2.75, 3.05) is 14.2 Å². The third-order valence-electron chi connectivity index (χ3n) is 3.02. The molecule has 1 heterocycles. The normalized spacial score (nSPS) is 10.2. The Hall–Kier alpha value is -2.63. The number of ketones is 2. The summed E-state index contributed by atoms with van der Waals surface area (Å²) in [6.45, 7) is 0. The molecule has 0 unspecified atom stereocenters. The molecule has 21 heavy (non-hydrogen) atoms. The first-order valence-corrected chi connectivity index (χ1v) is 6.31.